The van der Waals surface area contributed by atoms with Gasteiger partial charge in [-0.25, -0.2) is 10.3 Å². The summed E-state index contributed by atoms with van der Waals surface area (Å²) in [7, 11) is 1.26. The second kappa shape index (κ2) is 8.34. The lowest BCUT2D eigenvalue weighted by Crippen LogP contribution is -2.05. The molecule has 0 saturated carbocycles. The highest BCUT2D eigenvalue weighted by molar-refractivity contribution is 9.10. The van der Waals surface area contributed by atoms with Crippen molar-refractivity contribution in [1.29, 1.82) is 5.53 Å². The molecule has 9 heteroatoms. The van der Waals surface area contributed by atoms with Gasteiger partial charge in [-0.05, 0) is 48.9 Å². The van der Waals surface area contributed by atoms with E-state index in [0.29, 0.717) is 26.9 Å². The van der Waals surface area contributed by atoms with Crippen LogP contribution >= 0.6 is 15.9 Å². The molecule has 0 radical (unpaired) electrons. The van der Waals surface area contributed by atoms with Crippen LogP contribution in [0, 0.1) is 12.5 Å². The second-order valence-corrected chi connectivity index (χ2v) is 6.34. The van der Waals surface area contributed by atoms with Crippen molar-refractivity contribution in [3.05, 3.63) is 69.3 Å². The van der Waals surface area contributed by atoms with Gasteiger partial charge in [-0.15, -0.1) is 0 Å². The van der Waals surface area contributed by atoms with Gasteiger partial charge in [0, 0.05) is 21.9 Å². The van der Waals surface area contributed by atoms with Crippen molar-refractivity contribution >= 4 is 33.3 Å². The summed E-state index contributed by atoms with van der Waals surface area (Å²) in [5.41, 5.74) is 8.62. The van der Waals surface area contributed by atoms with Gasteiger partial charge in [0.05, 0.1) is 18.2 Å². The first-order valence-electron chi connectivity index (χ1n) is 7.57. The van der Waals surface area contributed by atoms with E-state index in [9.17, 15) is 18.0 Å². The minimum Gasteiger partial charge on any atom is -0.465 e. The Morgan fingerprint density at radius 2 is 1.89 bits per heavy atom. The molecule has 0 heterocycles. The van der Waals surface area contributed by atoms with Gasteiger partial charge in [0.1, 0.15) is 5.70 Å². The number of rotatable bonds is 5. The van der Waals surface area contributed by atoms with Gasteiger partial charge in [-0.1, -0.05) is 15.9 Å². The van der Waals surface area contributed by atoms with Crippen LogP contribution < -0.4 is 5.32 Å². The number of nitrogens with one attached hydrogen (secondary N) is 2. The lowest BCUT2D eigenvalue weighted by atomic mass is 10.0. The summed E-state index contributed by atoms with van der Waals surface area (Å²) >= 11 is 3.35. The quantitative estimate of drug-likeness (QED) is 0.440. The Labute approximate surface area is 161 Å². The molecule has 2 aromatic rings. The highest BCUT2D eigenvalue weighted by Crippen LogP contribution is 2.30. The molecule has 2 aromatic carbocycles. The van der Waals surface area contributed by atoms with Crippen LogP contribution in [0.2, 0.25) is 0 Å². The first kappa shape index (κ1) is 20.6. The maximum atomic E-state index is 12.6. The number of anilines is 1. The molecule has 2 rings (SSSR count). The molecule has 0 atom stereocenters. The largest absolute Gasteiger partial charge is 0.465 e. The topological polar surface area (TPSA) is 74.5 Å². The minimum atomic E-state index is -4.41. The summed E-state index contributed by atoms with van der Waals surface area (Å²) < 4.78 is 43.2. The Balaban J connectivity index is 2.32. The summed E-state index contributed by atoms with van der Waals surface area (Å²) in [4.78, 5) is 11.9. The molecule has 0 bridgehead atoms. The zero-order chi connectivity index (χ0) is 20.2. The summed E-state index contributed by atoms with van der Waals surface area (Å²) in [6.45, 7) is 1.74. The van der Waals surface area contributed by atoms with Crippen molar-refractivity contribution in [2.45, 2.75) is 13.1 Å². The van der Waals surface area contributed by atoms with Crippen molar-refractivity contribution in [1.82, 2.24) is 0 Å². The number of halogens is 4. The first-order valence-corrected chi connectivity index (χ1v) is 8.37. The average molecular weight is 442 g/mol. The molecule has 0 spiro atoms. The highest BCUT2D eigenvalue weighted by Gasteiger charge is 2.29. The highest BCUT2D eigenvalue weighted by atomic mass is 79.9. The fourth-order valence-electron chi connectivity index (χ4n) is 2.24. The third kappa shape index (κ3) is 4.94. The van der Waals surface area contributed by atoms with Crippen LogP contribution in [0.15, 0.2) is 52.2 Å². The van der Waals surface area contributed by atoms with Crippen LogP contribution in [0.5, 0.6) is 0 Å². The summed E-state index contributed by atoms with van der Waals surface area (Å²) in [6.07, 6.45) is -3.04. The number of benzene rings is 2. The van der Waals surface area contributed by atoms with Gasteiger partial charge in [-0.3, -0.25) is 0 Å². The molecular formula is C18H15BrF3N3O2. The lowest BCUT2D eigenvalue weighted by Gasteiger charge is -2.11. The molecule has 0 unspecified atom stereocenters. The van der Waals surface area contributed by atoms with Crippen molar-refractivity contribution in [3.63, 3.8) is 0 Å². The number of hydrogen-bond donors (Lipinski definition) is 2. The number of hydrogen-bond acceptors (Lipinski definition) is 5. The maximum Gasteiger partial charge on any atom is 0.416 e. The monoisotopic (exact) mass is 441 g/mol. The van der Waals surface area contributed by atoms with Crippen LogP contribution in [0.25, 0.3) is 5.70 Å². The number of carbonyl (C=O) groups excluding carboxylic acids is 1. The molecule has 0 aliphatic rings. The van der Waals surface area contributed by atoms with Crippen molar-refractivity contribution in [2.24, 2.45) is 5.11 Å². The van der Waals surface area contributed by atoms with Gasteiger partial charge < -0.3 is 10.1 Å². The van der Waals surface area contributed by atoms with E-state index in [1.807, 2.05) is 0 Å². The van der Waals surface area contributed by atoms with Gasteiger partial charge in [-0.2, -0.15) is 18.3 Å². The average Bonchev–Trinajstić information content (AvgIpc) is 2.63. The summed E-state index contributed by atoms with van der Waals surface area (Å²) in [6, 6.07) is 7.65. The van der Waals surface area contributed by atoms with E-state index in [2.05, 4.69) is 26.4 Å². The molecule has 0 saturated heterocycles. The van der Waals surface area contributed by atoms with Gasteiger partial charge in [0.15, 0.2) is 0 Å². The zero-order valence-corrected chi connectivity index (χ0v) is 15.9. The van der Waals surface area contributed by atoms with Crippen LogP contribution in [0.4, 0.5) is 18.9 Å². The van der Waals surface area contributed by atoms with Crippen molar-refractivity contribution in [3.8, 4) is 0 Å². The van der Waals surface area contributed by atoms with E-state index in [1.165, 1.54) is 31.5 Å². The predicted molar refractivity (Wildman–Crippen MR) is 98.4 cm³/mol. The van der Waals surface area contributed by atoms with E-state index in [1.54, 1.807) is 13.0 Å². The fourth-order valence-corrected chi connectivity index (χ4v) is 2.70. The van der Waals surface area contributed by atoms with E-state index in [-0.39, 0.29) is 5.70 Å². The molecular weight excluding hydrogens is 427 g/mol. The zero-order valence-electron chi connectivity index (χ0n) is 14.3. The third-order valence-corrected chi connectivity index (χ3v) is 4.58. The van der Waals surface area contributed by atoms with Crippen molar-refractivity contribution < 1.29 is 22.7 Å². The predicted octanol–water partition coefficient (Wildman–Crippen LogP) is 6.00. The second-order valence-electron chi connectivity index (χ2n) is 5.48. The third-order valence-electron chi connectivity index (χ3n) is 3.75. The first-order chi connectivity index (χ1) is 12.7. The normalized spacial score (nSPS) is 11.9. The van der Waals surface area contributed by atoms with E-state index in [4.69, 9.17) is 10.3 Å². The molecule has 5 nitrogen and oxygen atoms in total. The molecule has 0 amide bonds. The Morgan fingerprint density at radius 1 is 1.26 bits per heavy atom. The van der Waals surface area contributed by atoms with Crippen LogP contribution in [0.3, 0.4) is 0 Å². The van der Waals surface area contributed by atoms with Gasteiger partial charge in [0.25, 0.3) is 0 Å². The molecule has 2 N–H and O–H groups in total. The smallest absolute Gasteiger partial charge is 0.416 e. The standard InChI is InChI=1S/C18H15BrF3N3O2/c1-10-14(17(26)27-2)7-11(8-15(10)19)16(25-23)9-24-13-5-3-12(4-6-13)18(20,21)22/h3-9,23-24H,1-2H3/b16-9-,25-23?. The Hall–Kier alpha value is -2.68. The number of methoxy groups -OCH3 is 1. The van der Waals surface area contributed by atoms with Gasteiger partial charge in [0.2, 0.25) is 0 Å². The minimum absolute atomic E-state index is 0.181. The van der Waals surface area contributed by atoms with Crippen LogP contribution in [-0.2, 0) is 10.9 Å². The Morgan fingerprint density at radius 3 is 2.41 bits per heavy atom. The summed E-state index contributed by atoms with van der Waals surface area (Å²) in [5.74, 6) is -0.532. The molecule has 0 aliphatic carbocycles. The molecule has 0 aromatic heterocycles. The fraction of sp³-hybridized carbons (Fsp3) is 0.167. The lowest BCUT2D eigenvalue weighted by molar-refractivity contribution is -0.137. The number of alkyl halides is 3. The Bertz CT molecular complexity index is 894. The van der Waals surface area contributed by atoms with Gasteiger partial charge >= 0.3 is 12.1 Å². The number of nitrogens with zero attached hydrogens (tertiary/aromatic N) is 1. The van der Waals surface area contributed by atoms with Crippen LogP contribution in [-0.4, -0.2) is 13.1 Å². The molecule has 0 aliphatic heterocycles. The SMILES string of the molecule is COC(=O)c1cc(/C(=C/Nc2ccc(C(F)(F)F)cc2)N=N)cc(Br)c1C. The van der Waals surface area contributed by atoms with Crippen molar-refractivity contribution in [2.75, 3.05) is 12.4 Å². The molecule has 27 heavy (non-hydrogen) atoms. The molecule has 0 fully saturated rings. The van der Waals surface area contributed by atoms with Crippen LogP contribution in [0.1, 0.15) is 27.0 Å². The van der Waals surface area contributed by atoms with E-state index in [0.717, 1.165) is 12.1 Å². The summed E-state index contributed by atoms with van der Waals surface area (Å²) in [5, 5.41) is 6.22. The van der Waals surface area contributed by atoms with E-state index < -0.39 is 17.7 Å². The number of ether oxygens (including phenoxy) is 1. The maximum absolute atomic E-state index is 12.6. The molecule has 142 valence electrons. The van der Waals surface area contributed by atoms with E-state index >= 15 is 0 Å². The number of carbonyl (C=O) groups is 1. The number of esters is 1. The Kier molecular flexibility index (Phi) is 6.37.